The number of aryl methyl sites for hydroxylation is 1. The van der Waals surface area contributed by atoms with Gasteiger partial charge in [-0.3, -0.25) is 14.9 Å². The van der Waals surface area contributed by atoms with Gasteiger partial charge in [-0.15, -0.1) is 0 Å². The summed E-state index contributed by atoms with van der Waals surface area (Å²) in [5.41, 5.74) is 1.60. The normalized spacial score (nSPS) is 13.6. The van der Waals surface area contributed by atoms with Crippen LogP contribution in [0.25, 0.3) is 0 Å². The molecule has 1 aliphatic heterocycles. The van der Waals surface area contributed by atoms with Crippen LogP contribution < -0.4 is 19.1 Å². The minimum absolute atomic E-state index is 0.0518. The number of benzene rings is 2. The average Bonchev–Trinajstić information content (AvgIpc) is 2.81. The number of methoxy groups -OCH3 is 3. The Morgan fingerprint density at radius 2 is 1.61 bits per heavy atom. The second-order valence-electron chi connectivity index (χ2n) is 7.15. The van der Waals surface area contributed by atoms with Crippen LogP contribution in [0.4, 0.5) is 11.4 Å². The van der Waals surface area contributed by atoms with Gasteiger partial charge in [0.25, 0.3) is 5.69 Å². The molecule has 0 radical (unpaired) electrons. The first-order chi connectivity index (χ1) is 15.0. The molecule has 2 aromatic rings. The highest BCUT2D eigenvalue weighted by atomic mass is 16.6. The predicted molar refractivity (Wildman–Crippen MR) is 116 cm³/mol. The van der Waals surface area contributed by atoms with E-state index >= 15 is 0 Å². The maximum absolute atomic E-state index is 12.7. The third-order valence-corrected chi connectivity index (χ3v) is 5.40. The van der Waals surface area contributed by atoms with Crippen LogP contribution in [0.15, 0.2) is 36.4 Å². The summed E-state index contributed by atoms with van der Waals surface area (Å²) in [4.78, 5) is 27.4. The first-order valence-electron chi connectivity index (χ1n) is 10.0. The quantitative estimate of drug-likeness (QED) is 0.470. The number of ether oxygens (including phenoxy) is 3. The molecule has 2 aromatic carbocycles. The molecule has 1 aliphatic rings. The molecule has 3 rings (SSSR count). The molecule has 9 heteroatoms. The maximum Gasteiger partial charge on any atom is 0.292 e. The number of hydrogen-bond acceptors (Lipinski definition) is 7. The van der Waals surface area contributed by atoms with Crippen LogP contribution in [0.3, 0.4) is 0 Å². The topological polar surface area (TPSA) is 94.4 Å². The fraction of sp³-hybridized carbons (Fsp3) is 0.409. The highest BCUT2D eigenvalue weighted by Crippen LogP contribution is 2.38. The van der Waals surface area contributed by atoms with E-state index in [-0.39, 0.29) is 16.5 Å². The van der Waals surface area contributed by atoms with Gasteiger partial charge in [0.15, 0.2) is 11.5 Å². The van der Waals surface area contributed by atoms with Gasteiger partial charge < -0.3 is 24.0 Å². The number of para-hydroxylation sites is 2. The lowest BCUT2D eigenvalue weighted by Gasteiger charge is -2.35. The Morgan fingerprint density at radius 3 is 2.16 bits per heavy atom. The summed E-state index contributed by atoms with van der Waals surface area (Å²) in [6, 6.07) is 10.4. The standard InChI is InChI=1S/C22H27N3O6/c1-29-19-14-16(15-20(30-2)22(19)31-3)8-9-21(26)24-12-10-23(11-13-24)17-6-4-5-7-18(17)25(27)28/h4-7,14-15H,8-13H2,1-3H3. The van der Waals surface area contributed by atoms with E-state index in [1.165, 1.54) is 6.07 Å². The molecule has 0 aliphatic carbocycles. The molecule has 1 saturated heterocycles. The molecular weight excluding hydrogens is 402 g/mol. The van der Waals surface area contributed by atoms with E-state index in [9.17, 15) is 14.9 Å². The summed E-state index contributed by atoms with van der Waals surface area (Å²) >= 11 is 0. The van der Waals surface area contributed by atoms with Crippen molar-refractivity contribution in [3.8, 4) is 17.2 Å². The lowest BCUT2D eigenvalue weighted by atomic mass is 10.1. The van der Waals surface area contributed by atoms with Crippen molar-refractivity contribution >= 4 is 17.3 Å². The molecule has 166 valence electrons. The van der Waals surface area contributed by atoms with Crippen LogP contribution >= 0.6 is 0 Å². The Balaban J connectivity index is 1.59. The van der Waals surface area contributed by atoms with E-state index in [1.54, 1.807) is 39.5 Å². The first kappa shape index (κ1) is 22.2. The van der Waals surface area contributed by atoms with Crippen LogP contribution in [0.1, 0.15) is 12.0 Å². The van der Waals surface area contributed by atoms with Crippen molar-refractivity contribution in [1.82, 2.24) is 4.90 Å². The zero-order valence-electron chi connectivity index (χ0n) is 18.0. The first-order valence-corrected chi connectivity index (χ1v) is 10.0. The maximum atomic E-state index is 12.7. The average molecular weight is 429 g/mol. The van der Waals surface area contributed by atoms with Crippen LogP contribution in [0.2, 0.25) is 0 Å². The van der Waals surface area contributed by atoms with Gasteiger partial charge >= 0.3 is 0 Å². The Hall–Kier alpha value is -3.49. The third kappa shape index (κ3) is 4.99. The number of rotatable bonds is 8. The molecule has 0 aromatic heterocycles. The SMILES string of the molecule is COc1cc(CCC(=O)N2CCN(c3ccccc3[N+](=O)[O-])CC2)cc(OC)c1OC. The van der Waals surface area contributed by atoms with Crippen molar-refractivity contribution in [1.29, 1.82) is 0 Å². The number of piperazine rings is 1. The van der Waals surface area contributed by atoms with Crippen molar-refractivity contribution in [2.45, 2.75) is 12.8 Å². The number of nitro benzene ring substituents is 1. The van der Waals surface area contributed by atoms with E-state index in [1.807, 2.05) is 21.9 Å². The minimum atomic E-state index is -0.371. The number of carbonyl (C=O) groups is 1. The molecule has 1 fully saturated rings. The van der Waals surface area contributed by atoms with Crippen molar-refractivity contribution in [3.63, 3.8) is 0 Å². The van der Waals surface area contributed by atoms with Gasteiger partial charge in [-0.2, -0.15) is 0 Å². The van der Waals surface area contributed by atoms with Crippen LogP contribution in [0, 0.1) is 10.1 Å². The number of hydrogen-bond donors (Lipinski definition) is 0. The number of anilines is 1. The van der Waals surface area contributed by atoms with Crippen LogP contribution in [-0.2, 0) is 11.2 Å². The molecule has 0 N–H and O–H groups in total. The van der Waals surface area contributed by atoms with E-state index in [0.717, 1.165) is 5.56 Å². The molecule has 31 heavy (non-hydrogen) atoms. The molecule has 1 heterocycles. The number of carbonyl (C=O) groups excluding carboxylic acids is 1. The Bertz CT molecular complexity index is 916. The Labute approximate surface area is 181 Å². The molecule has 0 spiro atoms. The van der Waals surface area contributed by atoms with Gasteiger partial charge in [0.1, 0.15) is 5.69 Å². The third-order valence-electron chi connectivity index (χ3n) is 5.40. The number of amides is 1. The minimum Gasteiger partial charge on any atom is -0.493 e. The summed E-state index contributed by atoms with van der Waals surface area (Å²) in [6.07, 6.45) is 0.893. The largest absolute Gasteiger partial charge is 0.493 e. The van der Waals surface area contributed by atoms with E-state index in [0.29, 0.717) is 62.0 Å². The fourth-order valence-electron chi connectivity index (χ4n) is 3.77. The van der Waals surface area contributed by atoms with Crippen LogP contribution in [-0.4, -0.2) is 63.2 Å². The molecule has 0 atom stereocenters. The number of nitrogens with zero attached hydrogens (tertiary/aromatic N) is 3. The van der Waals surface area contributed by atoms with Gasteiger partial charge in [-0.1, -0.05) is 12.1 Å². The van der Waals surface area contributed by atoms with Crippen LogP contribution in [0.5, 0.6) is 17.2 Å². The summed E-state index contributed by atoms with van der Waals surface area (Å²) in [5.74, 6) is 1.69. The molecule has 0 saturated carbocycles. The van der Waals surface area contributed by atoms with E-state index in [4.69, 9.17) is 14.2 Å². The number of nitro groups is 1. The van der Waals surface area contributed by atoms with E-state index in [2.05, 4.69) is 0 Å². The second kappa shape index (κ2) is 10.0. The van der Waals surface area contributed by atoms with E-state index < -0.39 is 0 Å². The smallest absolute Gasteiger partial charge is 0.292 e. The highest BCUT2D eigenvalue weighted by Gasteiger charge is 2.25. The molecular formula is C22H27N3O6. The van der Waals surface area contributed by atoms with Gasteiger partial charge in [0.2, 0.25) is 11.7 Å². The monoisotopic (exact) mass is 429 g/mol. The molecule has 0 bridgehead atoms. The van der Waals surface area contributed by atoms with Gasteiger partial charge in [0.05, 0.1) is 26.3 Å². The Morgan fingerprint density at radius 1 is 1.00 bits per heavy atom. The fourth-order valence-corrected chi connectivity index (χ4v) is 3.77. The highest BCUT2D eigenvalue weighted by molar-refractivity contribution is 5.77. The van der Waals surface area contributed by atoms with Gasteiger partial charge in [-0.05, 0) is 30.2 Å². The van der Waals surface area contributed by atoms with Crippen molar-refractivity contribution < 1.29 is 23.9 Å². The zero-order valence-corrected chi connectivity index (χ0v) is 18.0. The predicted octanol–water partition coefficient (Wildman–Crippen LogP) is 2.90. The molecule has 9 nitrogen and oxygen atoms in total. The van der Waals surface area contributed by atoms with Crippen molar-refractivity contribution in [2.75, 3.05) is 52.4 Å². The zero-order chi connectivity index (χ0) is 22.4. The second-order valence-corrected chi connectivity index (χ2v) is 7.15. The molecule has 1 amide bonds. The lowest BCUT2D eigenvalue weighted by molar-refractivity contribution is -0.384. The summed E-state index contributed by atoms with van der Waals surface area (Å²) < 4.78 is 16.1. The Kier molecular flexibility index (Phi) is 7.17. The van der Waals surface area contributed by atoms with Gasteiger partial charge in [0, 0.05) is 38.7 Å². The summed E-state index contributed by atoms with van der Waals surface area (Å²) in [7, 11) is 4.67. The summed E-state index contributed by atoms with van der Waals surface area (Å²) in [6.45, 7) is 2.17. The lowest BCUT2D eigenvalue weighted by Crippen LogP contribution is -2.49. The van der Waals surface area contributed by atoms with Crippen molar-refractivity contribution in [3.05, 3.63) is 52.1 Å². The summed E-state index contributed by atoms with van der Waals surface area (Å²) in [5, 5.41) is 11.3. The van der Waals surface area contributed by atoms with Gasteiger partial charge in [-0.25, -0.2) is 0 Å². The van der Waals surface area contributed by atoms with Crippen molar-refractivity contribution in [2.24, 2.45) is 0 Å². The molecule has 0 unspecified atom stereocenters.